The number of piperazine rings is 1. The van der Waals surface area contributed by atoms with Crippen LogP contribution in [0.15, 0.2) is 23.1 Å². The molecule has 0 unspecified atom stereocenters. The Morgan fingerprint density at radius 2 is 1.64 bits per heavy atom. The number of aryl methyl sites for hydroxylation is 1. The second-order valence-corrected chi connectivity index (χ2v) is 9.08. The predicted molar refractivity (Wildman–Crippen MR) is 102 cm³/mol. The number of morpholine rings is 1. The maximum absolute atomic E-state index is 13.0. The van der Waals surface area contributed by atoms with Gasteiger partial charge < -0.3 is 19.9 Å². The van der Waals surface area contributed by atoms with Crippen LogP contribution in [0.25, 0.3) is 0 Å². The predicted octanol–water partition coefficient (Wildman–Crippen LogP) is 0.330. The van der Waals surface area contributed by atoms with Gasteiger partial charge in [-0.1, -0.05) is 0 Å². The van der Waals surface area contributed by atoms with Gasteiger partial charge in [0.15, 0.2) is 0 Å². The van der Waals surface area contributed by atoms with E-state index < -0.39 is 10.0 Å². The Morgan fingerprint density at radius 3 is 2.36 bits per heavy atom. The van der Waals surface area contributed by atoms with Crippen LogP contribution in [0.1, 0.15) is 12.0 Å². The first-order valence-corrected chi connectivity index (χ1v) is 10.9. The molecule has 0 radical (unpaired) electrons. The summed E-state index contributed by atoms with van der Waals surface area (Å²) >= 11 is 0. The summed E-state index contributed by atoms with van der Waals surface area (Å²) < 4.78 is 32.7. The van der Waals surface area contributed by atoms with Gasteiger partial charge in [-0.3, -0.25) is 4.79 Å². The largest absolute Gasteiger partial charge is 0.378 e. The minimum atomic E-state index is -3.63. The summed E-state index contributed by atoms with van der Waals surface area (Å²) in [5, 5.41) is 2.76. The van der Waals surface area contributed by atoms with Gasteiger partial charge in [-0.15, -0.1) is 0 Å². The van der Waals surface area contributed by atoms with E-state index in [1.54, 1.807) is 21.9 Å². The molecule has 2 fully saturated rings. The number of nitrogens with zero attached hydrogens (tertiary/aromatic N) is 3. The molecule has 0 aliphatic carbocycles. The number of anilines is 1. The highest BCUT2D eigenvalue weighted by atomic mass is 32.2. The Morgan fingerprint density at radius 1 is 0.964 bits per heavy atom. The fourth-order valence-electron chi connectivity index (χ4n) is 3.74. The molecule has 10 heteroatoms. The minimum Gasteiger partial charge on any atom is -0.378 e. The van der Waals surface area contributed by atoms with Crippen LogP contribution < -0.4 is 5.32 Å². The standard InChI is InChI=1S/C18H24N4O5S/c23-17-4-1-14-13-15(2-3-16(14)19-17)28(25,26)22-7-5-20(6-8-22)18(24)21-9-11-27-12-10-21/h2-3,13H,1,4-12H2,(H,19,23). The number of rotatable bonds is 2. The highest BCUT2D eigenvalue weighted by Crippen LogP contribution is 2.27. The summed E-state index contributed by atoms with van der Waals surface area (Å²) in [6.07, 6.45) is 0.894. The zero-order valence-electron chi connectivity index (χ0n) is 15.6. The Balaban J connectivity index is 1.42. The number of urea groups is 1. The van der Waals surface area contributed by atoms with Crippen molar-refractivity contribution in [2.75, 3.05) is 57.8 Å². The number of hydrogen-bond acceptors (Lipinski definition) is 5. The van der Waals surface area contributed by atoms with Crippen molar-refractivity contribution in [3.8, 4) is 0 Å². The van der Waals surface area contributed by atoms with Gasteiger partial charge in [0.25, 0.3) is 0 Å². The van der Waals surface area contributed by atoms with Crippen LogP contribution in [0.2, 0.25) is 0 Å². The van der Waals surface area contributed by atoms with Gasteiger partial charge in [-0.05, 0) is 30.2 Å². The van der Waals surface area contributed by atoms with Crippen LogP contribution in [0.5, 0.6) is 0 Å². The van der Waals surface area contributed by atoms with Gasteiger partial charge in [-0.25, -0.2) is 13.2 Å². The van der Waals surface area contributed by atoms with Crippen molar-refractivity contribution in [3.63, 3.8) is 0 Å². The van der Waals surface area contributed by atoms with Gasteiger partial charge in [0, 0.05) is 51.4 Å². The molecule has 3 aliphatic heterocycles. The quantitative estimate of drug-likeness (QED) is 0.760. The third-order valence-electron chi connectivity index (χ3n) is 5.40. The van der Waals surface area contributed by atoms with Crippen molar-refractivity contribution in [3.05, 3.63) is 23.8 Å². The van der Waals surface area contributed by atoms with Crippen LogP contribution >= 0.6 is 0 Å². The molecule has 4 rings (SSSR count). The molecule has 3 heterocycles. The van der Waals surface area contributed by atoms with E-state index in [1.807, 2.05) is 0 Å². The Bertz CT molecular complexity index is 874. The average molecular weight is 408 g/mol. The topological polar surface area (TPSA) is 99.3 Å². The lowest BCUT2D eigenvalue weighted by Crippen LogP contribution is -2.55. The lowest BCUT2D eigenvalue weighted by Gasteiger charge is -2.38. The lowest BCUT2D eigenvalue weighted by molar-refractivity contribution is -0.116. The zero-order chi connectivity index (χ0) is 19.7. The number of ether oxygens (including phenoxy) is 1. The fourth-order valence-corrected chi connectivity index (χ4v) is 5.22. The first-order chi connectivity index (χ1) is 13.4. The smallest absolute Gasteiger partial charge is 0.320 e. The number of fused-ring (bicyclic) bond motifs is 1. The van der Waals surface area contributed by atoms with Crippen molar-refractivity contribution >= 4 is 27.6 Å². The van der Waals surface area contributed by atoms with Gasteiger partial charge in [-0.2, -0.15) is 4.31 Å². The number of amides is 3. The second-order valence-electron chi connectivity index (χ2n) is 7.14. The summed E-state index contributed by atoms with van der Waals surface area (Å²) in [6, 6.07) is 4.78. The van der Waals surface area contributed by atoms with E-state index >= 15 is 0 Å². The van der Waals surface area contributed by atoms with Crippen LogP contribution in [-0.4, -0.2) is 86.9 Å². The third kappa shape index (κ3) is 3.71. The monoisotopic (exact) mass is 408 g/mol. The summed E-state index contributed by atoms with van der Waals surface area (Å²) in [5.41, 5.74) is 1.51. The molecule has 28 heavy (non-hydrogen) atoms. The molecule has 3 amide bonds. The molecule has 0 bridgehead atoms. The molecule has 152 valence electrons. The third-order valence-corrected chi connectivity index (χ3v) is 7.30. The van der Waals surface area contributed by atoms with Crippen molar-refractivity contribution in [1.82, 2.24) is 14.1 Å². The number of nitrogens with one attached hydrogen (secondary N) is 1. The zero-order valence-corrected chi connectivity index (χ0v) is 16.4. The van der Waals surface area contributed by atoms with E-state index in [0.717, 1.165) is 5.56 Å². The van der Waals surface area contributed by atoms with E-state index in [9.17, 15) is 18.0 Å². The minimum absolute atomic E-state index is 0.0510. The van der Waals surface area contributed by atoms with E-state index in [-0.39, 0.29) is 29.9 Å². The summed E-state index contributed by atoms with van der Waals surface area (Å²) in [6.45, 7) is 3.51. The first kappa shape index (κ1) is 19.2. The van der Waals surface area contributed by atoms with Crippen LogP contribution in [0.4, 0.5) is 10.5 Å². The highest BCUT2D eigenvalue weighted by Gasteiger charge is 2.32. The van der Waals surface area contributed by atoms with Crippen LogP contribution in [0, 0.1) is 0 Å². The Kier molecular flexibility index (Phi) is 5.26. The number of benzene rings is 1. The molecular weight excluding hydrogens is 384 g/mol. The number of hydrogen-bond donors (Lipinski definition) is 1. The van der Waals surface area contributed by atoms with Crippen molar-refractivity contribution < 1.29 is 22.7 Å². The van der Waals surface area contributed by atoms with Crippen molar-refractivity contribution in [2.24, 2.45) is 0 Å². The SMILES string of the molecule is O=C1CCc2cc(S(=O)(=O)N3CCN(C(=O)N4CCOCC4)CC3)ccc2N1. The van der Waals surface area contributed by atoms with E-state index in [2.05, 4.69) is 5.32 Å². The molecule has 0 atom stereocenters. The molecule has 2 saturated heterocycles. The molecule has 1 aromatic carbocycles. The maximum atomic E-state index is 13.0. The summed E-state index contributed by atoms with van der Waals surface area (Å²) in [4.78, 5) is 27.7. The van der Waals surface area contributed by atoms with E-state index in [4.69, 9.17) is 4.74 Å². The highest BCUT2D eigenvalue weighted by molar-refractivity contribution is 7.89. The second kappa shape index (κ2) is 7.69. The van der Waals surface area contributed by atoms with Crippen LogP contribution in [0.3, 0.4) is 0 Å². The molecule has 0 spiro atoms. The fraction of sp³-hybridized carbons (Fsp3) is 0.556. The molecule has 0 aromatic heterocycles. The first-order valence-electron chi connectivity index (χ1n) is 9.50. The lowest BCUT2D eigenvalue weighted by atomic mass is 10.0. The Labute approximate surface area is 164 Å². The maximum Gasteiger partial charge on any atom is 0.320 e. The van der Waals surface area contributed by atoms with Gasteiger partial charge in [0.2, 0.25) is 15.9 Å². The van der Waals surface area contributed by atoms with Gasteiger partial charge in [0.05, 0.1) is 18.1 Å². The number of carbonyl (C=O) groups excluding carboxylic acids is 2. The van der Waals surface area contributed by atoms with Gasteiger partial charge >= 0.3 is 6.03 Å². The molecule has 1 N–H and O–H groups in total. The van der Waals surface area contributed by atoms with Gasteiger partial charge in [0.1, 0.15) is 0 Å². The Hall–Kier alpha value is -2.17. The van der Waals surface area contributed by atoms with Crippen molar-refractivity contribution in [2.45, 2.75) is 17.7 Å². The molecular formula is C18H24N4O5S. The van der Waals surface area contributed by atoms with Crippen LogP contribution in [-0.2, 0) is 26.0 Å². The van der Waals surface area contributed by atoms with E-state index in [0.29, 0.717) is 57.9 Å². The molecule has 9 nitrogen and oxygen atoms in total. The van der Waals surface area contributed by atoms with Crippen molar-refractivity contribution in [1.29, 1.82) is 0 Å². The molecule has 1 aromatic rings. The molecule has 0 saturated carbocycles. The number of carbonyl (C=O) groups is 2. The van der Waals surface area contributed by atoms with E-state index in [1.165, 1.54) is 10.4 Å². The molecule has 3 aliphatic rings. The average Bonchev–Trinajstić information content (AvgIpc) is 2.73. The summed E-state index contributed by atoms with van der Waals surface area (Å²) in [7, 11) is -3.63. The summed E-state index contributed by atoms with van der Waals surface area (Å²) in [5.74, 6) is -0.0517. The number of sulfonamides is 1. The normalized spacial score (nSPS) is 21.2.